The van der Waals surface area contributed by atoms with Crippen molar-refractivity contribution in [2.45, 2.75) is 39.2 Å². The minimum absolute atomic E-state index is 0.245. The number of ether oxygens (including phenoxy) is 1. The highest BCUT2D eigenvalue weighted by atomic mass is 32.2. The highest BCUT2D eigenvalue weighted by molar-refractivity contribution is 8.13. The van der Waals surface area contributed by atoms with Crippen LogP contribution in [0.2, 0.25) is 0 Å². The van der Waals surface area contributed by atoms with E-state index in [1.807, 2.05) is 11.8 Å². The summed E-state index contributed by atoms with van der Waals surface area (Å²) in [6, 6.07) is 0. The van der Waals surface area contributed by atoms with Crippen LogP contribution in [0.5, 0.6) is 0 Å². The Hall–Kier alpha value is -0.220. The van der Waals surface area contributed by atoms with Gasteiger partial charge in [-0.1, -0.05) is 25.6 Å². The van der Waals surface area contributed by atoms with E-state index in [9.17, 15) is 0 Å². The number of thioether (sulfide) groups is 1. The molecular weight excluding hydrogens is 220 g/mol. The first kappa shape index (κ1) is 13.8. The molecule has 0 aliphatic carbocycles. The minimum Gasteiger partial charge on any atom is -0.384 e. The Morgan fingerprint density at radius 2 is 2.38 bits per heavy atom. The van der Waals surface area contributed by atoms with Crippen molar-refractivity contribution in [1.82, 2.24) is 5.32 Å². The second-order valence-corrected chi connectivity index (χ2v) is 5.93. The fourth-order valence-electron chi connectivity index (χ4n) is 1.66. The fraction of sp³-hybridized carbons (Fsp3) is 0.917. The van der Waals surface area contributed by atoms with Gasteiger partial charge in [-0.15, -0.1) is 0 Å². The molecule has 0 aromatic carbocycles. The van der Waals surface area contributed by atoms with Crippen LogP contribution >= 0.6 is 11.8 Å². The van der Waals surface area contributed by atoms with Crippen LogP contribution in [0.15, 0.2) is 4.99 Å². The van der Waals surface area contributed by atoms with Crippen LogP contribution in [0.3, 0.4) is 0 Å². The topological polar surface area (TPSA) is 33.6 Å². The molecule has 0 bridgehead atoms. The summed E-state index contributed by atoms with van der Waals surface area (Å²) >= 11 is 1.84. The van der Waals surface area contributed by atoms with Gasteiger partial charge < -0.3 is 10.1 Å². The second-order valence-electron chi connectivity index (χ2n) is 4.84. The van der Waals surface area contributed by atoms with Crippen LogP contribution < -0.4 is 5.32 Å². The number of hydrogen-bond donors (Lipinski definition) is 1. The molecule has 4 heteroatoms. The standard InChI is InChI=1S/C12H24N2OS/c1-5-12(3)6-7-16-11(14-12)13-8-10(2)9-15-4/h10H,5-9H2,1-4H3,(H,13,14). The number of rotatable bonds is 5. The molecular formula is C12H24N2OS. The summed E-state index contributed by atoms with van der Waals surface area (Å²) in [5.41, 5.74) is 0.245. The van der Waals surface area contributed by atoms with Crippen molar-refractivity contribution in [3.63, 3.8) is 0 Å². The molecule has 1 aliphatic heterocycles. The van der Waals surface area contributed by atoms with E-state index in [-0.39, 0.29) is 5.54 Å². The summed E-state index contributed by atoms with van der Waals surface area (Å²) in [5.74, 6) is 1.67. The van der Waals surface area contributed by atoms with Crippen molar-refractivity contribution in [3.8, 4) is 0 Å². The summed E-state index contributed by atoms with van der Waals surface area (Å²) in [6.07, 6.45) is 2.38. The van der Waals surface area contributed by atoms with Crippen molar-refractivity contribution in [1.29, 1.82) is 0 Å². The van der Waals surface area contributed by atoms with Crippen LogP contribution in [0, 0.1) is 5.92 Å². The molecule has 2 unspecified atom stereocenters. The SMILES string of the molecule is CCC1(C)CCSC(=NCC(C)COC)N1. The molecule has 3 nitrogen and oxygen atoms in total. The van der Waals surface area contributed by atoms with E-state index in [0.29, 0.717) is 5.92 Å². The Morgan fingerprint density at radius 1 is 1.62 bits per heavy atom. The van der Waals surface area contributed by atoms with Gasteiger partial charge in [0, 0.05) is 24.9 Å². The Morgan fingerprint density at radius 3 is 3.00 bits per heavy atom. The van der Waals surface area contributed by atoms with Gasteiger partial charge in [0.15, 0.2) is 5.17 Å². The number of aliphatic imine (C=N–C) groups is 1. The van der Waals surface area contributed by atoms with Gasteiger partial charge in [-0.25, -0.2) is 0 Å². The molecule has 0 radical (unpaired) electrons. The number of nitrogens with one attached hydrogen (secondary N) is 1. The lowest BCUT2D eigenvalue weighted by molar-refractivity contribution is 0.163. The first-order chi connectivity index (χ1) is 7.59. The molecule has 1 heterocycles. The quantitative estimate of drug-likeness (QED) is 0.807. The third-order valence-corrected chi connectivity index (χ3v) is 3.99. The highest BCUT2D eigenvalue weighted by Crippen LogP contribution is 2.24. The van der Waals surface area contributed by atoms with Crippen molar-refractivity contribution in [3.05, 3.63) is 0 Å². The summed E-state index contributed by atoms with van der Waals surface area (Å²) < 4.78 is 5.11. The fourth-order valence-corrected chi connectivity index (χ4v) is 2.89. The average Bonchev–Trinajstić information content (AvgIpc) is 2.27. The number of amidine groups is 1. The Balaban J connectivity index is 2.44. The molecule has 1 saturated heterocycles. The van der Waals surface area contributed by atoms with Gasteiger partial charge in [-0.05, 0) is 25.7 Å². The molecule has 0 amide bonds. The van der Waals surface area contributed by atoms with E-state index in [1.54, 1.807) is 7.11 Å². The zero-order chi connectivity index (χ0) is 12.0. The van der Waals surface area contributed by atoms with E-state index in [4.69, 9.17) is 4.74 Å². The van der Waals surface area contributed by atoms with Crippen molar-refractivity contribution in [2.75, 3.05) is 26.0 Å². The van der Waals surface area contributed by atoms with Crippen LogP contribution in [0.25, 0.3) is 0 Å². The van der Waals surface area contributed by atoms with Gasteiger partial charge in [0.05, 0.1) is 6.61 Å². The normalized spacial score (nSPS) is 30.1. The van der Waals surface area contributed by atoms with E-state index in [1.165, 1.54) is 12.2 Å². The maximum absolute atomic E-state index is 5.11. The first-order valence-electron chi connectivity index (χ1n) is 6.04. The van der Waals surface area contributed by atoms with Crippen LogP contribution in [0.4, 0.5) is 0 Å². The molecule has 0 spiro atoms. The lowest BCUT2D eigenvalue weighted by Crippen LogP contribution is -2.48. The molecule has 0 aromatic heterocycles. The van der Waals surface area contributed by atoms with Gasteiger partial charge in [-0.3, -0.25) is 4.99 Å². The number of hydrogen-bond acceptors (Lipinski definition) is 3. The van der Waals surface area contributed by atoms with E-state index in [2.05, 4.69) is 31.1 Å². The zero-order valence-corrected chi connectivity index (χ0v) is 11.7. The van der Waals surface area contributed by atoms with E-state index in [0.717, 1.165) is 24.7 Å². The molecule has 1 rings (SSSR count). The Labute approximate surface area is 103 Å². The van der Waals surface area contributed by atoms with Crippen LogP contribution in [0.1, 0.15) is 33.6 Å². The molecule has 2 atom stereocenters. The molecule has 94 valence electrons. The molecule has 1 N–H and O–H groups in total. The third kappa shape index (κ3) is 4.34. The number of methoxy groups -OCH3 is 1. The van der Waals surface area contributed by atoms with Gasteiger partial charge >= 0.3 is 0 Å². The largest absolute Gasteiger partial charge is 0.384 e. The molecule has 1 fully saturated rings. The Kier molecular flexibility index (Phi) is 5.62. The van der Waals surface area contributed by atoms with Gasteiger partial charge in [0.1, 0.15) is 0 Å². The van der Waals surface area contributed by atoms with Crippen molar-refractivity contribution in [2.24, 2.45) is 10.9 Å². The van der Waals surface area contributed by atoms with Crippen molar-refractivity contribution < 1.29 is 4.74 Å². The monoisotopic (exact) mass is 244 g/mol. The summed E-state index contributed by atoms with van der Waals surface area (Å²) in [4.78, 5) is 4.63. The summed E-state index contributed by atoms with van der Waals surface area (Å²) in [6.45, 7) is 8.31. The summed E-state index contributed by atoms with van der Waals surface area (Å²) in [7, 11) is 1.74. The van der Waals surface area contributed by atoms with Crippen LogP contribution in [-0.4, -0.2) is 36.7 Å². The minimum atomic E-state index is 0.245. The third-order valence-electron chi connectivity index (χ3n) is 3.08. The average molecular weight is 244 g/mol. The predicted molar refractivity (Wildman–Crippen MR) is 72.2 cm³/mol. The summed E-state index contributed by atoms with van der Waals surface area (Å²) in [5, 5.41) is 4.66. The van der Waals surface area contributed by atoms with Gasteiger partial charge in [0.2, 0.25) is 0 Å². The maximum atomic E-state index is 5.11. The molecule has 0 aromatic rings. The second kappa shape index (κ2) is 6.50. The van der Waals surface area contributed by atoms with E-state index < -0.39 is 0 Å². The predicted octanol–water partition coefficient (Wildman–Crippen LogP) is 2.52. The highest BCUT2D eigenvalue weighted by Gasteiger charge is 2.27. The number of nitrogens with zero attached hydrogens (tertiary/aromatic N) is 1. The first-order valence-corrected chi connectivity index (χ1v) is 7.02. The van der Waals surface area contributed by atoms with Gasteiger partial charge in [0.25, 0.3) is 0 Å². The zero-order valence-electron chi connectivity index (χ0n) is 10.9. The van der Waals surface area contributed by atoms with E-state index >= 15 is 0 Å². The van der Waals surface area contributed by atoms with Crippen molar-refractivity contribution >= 4 is 16.9 Å². The van der Waals surface area contributed by atoms with Gasteiger partial charge in [-0.2, -0.15) is 0 Å². The molecule has 1 aliphatic rings. The van der Waals surface area contributed by atoms with Crippen LogP contribution in [-0.2, 0) is 4.74 Å². The smallest absolute Gasteiger partial charge is 0.156 e. The lowest BCUT2D eigenvalue weighted by atomic mass is 9.96. The molecule has 16 heavy (non-hydrogen) atoms. The maximum Gasteiger partial charge on any atom is 0.156 e. The lowest BCUT2D eigenvalue weighted by Gasteiger charge is -2.35. The Bertz CT molecular complexity index is 245. The molecule has 0 saturated carbocycles.